The predicted octanol–water partition coefficient (Wildman–Crippen LogP) is 5.73. The van der Waals surface area contributed by atoms with E-state index < -0.39 is 17.7 Å². The van der Waals surface area contributed by atoms with E-state index in [-0.39, 0.29) is 40.0 Å². The number of amides is 1. The Morgan fingerprint density at radius 1 is 1.00 bits per heavy atom. The van der Waals surface area contributed by atoms with Crippen molar-refractivity contribution in [2.24, 2.45) is 7.05 Å². The third-order valence-electron chi connectivity index (χ3n) is 7.36. The Hall–Kier alpha value is -4.12. The third kappa shape index (κ3) is 5.17. The van der Waals surface area contributed by atoms with E-state index in [9.17, 15) is 14.7 Å². The van der Waals surface area contributed by atoms with Crippen molar-refractivity contribution >= 4 is 40.8 Å². The first-order chi connectivity index (χ1) is 20.2. The van der Waals surface area contributed by atoms with Crippen LogP contribution < -0.4 is 9.64 Å². The highest BCUT2D eigenvalue weighted by molar-refractivity contribution is 6.40. The van der Waals surface area contributed by atoms with E-state index in [2.05, 4.69) is 5.10 Å². The molecule has 3 aromatic carbocycles. The topological polar surface area (TPSA) is 97.1 Å². The lowest BCUT2D eigenvalue weighted by Crippen LogP contribution is -2.37. The molecule has 0 saturated carbocycles. The molecule has 2 aliphatic heterocycles. The minimum atomic E-state index is -1.07. The van der Waals surface area contributed by atoms with Gasteiger partial charge < -0.3 is 24.4 Å². The fraction of sp³-hybridized carbons (Fsp3) is 0.233. The monoisotopic (exact) mass is 610 g/mol. The van der Waals surface area contributed by atoms with Gasteiger partial charge in [0.2, 0.25) is 0 Å². The maximum Gasteiger partial charge on any atom is 0.337 e. The zero-order valence-corrected chi connectivity index (χ0v) is 24.0. The number of carboxylic acids is 1. The molecule has 216 valence electrons. The molecule has 1 fully saturated rings. The van der Waals surface area contributed by atoms with Crippen molar-refractivity contribution in [3.63, 3.8) is 0 Å². The molecule has 1 N–H and O–H groups in total. The van der Waals surface area contributed by atoms with Crippen LogP contribution in [0.1, 0.15) is 26.3 Å². The van der Waals surface area contributed by atoms with E-state index >= 15 is 4.39 Å². The molecule has 0 bridgehead atoms. The number of morpholine rings is 1. The van der Waals surface area contributed by atoms with Gasteiger partial charge in [0, 0.05) is 37.5 Å². The van der Waals surface area contributed by atoms with Crippen LogP contribution >= 0.6 is 23.2 Å². The molecule has 0 radical (unpaired) electrons. The number of benzene rings is 3. The second-order valence-corrected chi connectivity index (χ2v) is 10.9. The molecular formula is C30H25Cl2FN4O5. The average molecular weight is 611 g/mol. The summed E-state index contributed by atoms with van der Waals surface area (Å²) in [6.07, 6.45) is 3.49. The standard InChI is InChI=1S/C30H25Cl2FN4O5/c1-35-14-20(13-34-35)19-10-22(31)27(23(32)11-19)29(38)37-15-18-3-5-24(33)26(28(18)42-16-37)17-2-4-21(30(39)40)25(12-17)36-6-8-41-9-7-36/h2-5,10-14H,6-9,15-16H2,1H3,(H,39,40). The van der Waals surface area contributed by atoms with E-state index in [0.29, 0.717) is 48.9 Å². The molecule has 1 aromatic heterocycles. The number of aryl methyl sites for hydroxylation is 1. The molecule has 3 heterocycles. The van der Waals surface area contributed by atoms with Crippen LogP contribution in [-0.2, 0) is 18.3 Å². The Kier molecular flexibility index (Phi) is 7.53. The van der Waals surface area contributed by atoms with E-state index in [1.54, 1.807) is 48.3 Å². The lowest BCUT2D eigenvalue weighted by molar-refractivity contribution is 0.0515. The van der Waals surface area contributed by atoms with Gasteiger partial charge in [-0.15, -0.1) is 0 Å². The fourth-order valence-electron chi connectivity index (χ4n) is 5.29. The third-order valence-corrected chi connectivity index (χ3v) is 7.96. The molecule has 1 saturated heterocycles. The van der Waals surface area contributed by atoms with Crippen molar-refractivity contribution in [1.29, 1.82) is 0 Å². The van der Waals surface area contributed by atoms with Gasteiger partial charge in [-0.25, -0.2) is 9.18 Å². The number of hydrogen-bond donors (Lipinski definition) is 1. The summed E-state index contributed by atoms with van der Waals surface area (Å²) in [6.45, 7) is 1.92. The molecule has 0 spiro atoms. The largest absolute Gasteiger partial charge is 0.478 e. The number of carboxylic acid groups (broad SMARTS) is 1. The van der Waals surface area contributed by atoms with Crippen LogP contribution in [0.25, 0.3) is 22.3 Å². The second kappa shape index (κ2) is 11.3. The quantitative estimate of drug-likeness (QED) is 0.308. The summed E-state index contributed by atoms with van der Waals surface area (Å²) in [4.78, 5) is 28.9. The summed E-state index contributed by atoms with van der Waals surface area (Å²) < 4.78 is 28.4. The lowest BCUT2D eigenvalue weighted by Gasteiger charge is -2.32. The number of fused-ring (bicyclic) bond motifs is 1. The SMILES string of the molecule is Cn1cc(-c2cc(Cl)c(C(=O)N3COc4c(ccc(F)c4-c4ccc(C(=O)O)c(N5CCOCC5)c4)C3)c(Cl)c2)cn1. The zero-order chi connectivity index (χ0) is 29.5. The maximum atomic E-state index is 15.4. The highest BCUT2D eigenvalue weighted by Gasteiger charge is 2.30. The second-order valence-electron chi connectivity index (χ2n) is 10.0. The van der Waals surface area contributed by atoms with Gasteiger partial charge in [0.15, 0.2) is 6.73 Å². The fourth-order valence-corrected chi connectivity index (χ4v) is 5.94. The molecule has 0 aliphatic carbocycles. The summed E-state index contributed by atoms with van der Waals surface area (Å²) in [7, 11) is 1.80. The minimum Gasteiger partial charge on any atom is -0.478 e. The number of aromatic carboxylic acids is 1. The van der Waals surface area contributed by atoms with Crippen molar-refractivity contribution < 1.29 is 28.6 Å². The van der Waals surface area contributed by atoms with Crippen molar-refractivity contribution in [2.75, 3.05) is 37.9 Å². The summed E-state index contributed by atoms with van der Waals surface area (Å²) in [6, 6.07) is 10.9. The van der Waals surface area contributed by atoms with Crippen LogP contribution in [-0.4, -0.2) is 64.7 Å². The van der Waals surface area contributed by atoms with Crippen LogP contribution in [0.4, 0.5) is 10.1 Å². The molecule has 0 unspecified atom stereocenters. The predicted molar refractivity (Wildman–Crippen MR) is 156 cm³/mol. The summed E-state index contributed by atoms with van der Waals surface area (Å²) >= 11 is 13.1. The average Bonchev–Trinajstić information content (AvgIpc) is 3.42. The smallest absolute Gasteiger partial charge is 0.337 e. The van der Waals surface area contributed by atoms with Gasteiger partial charge >= 0.3 is 5.97 Å². The highest BCUT2D eigenvalue weighted by Crippen LogP contribution is 2.41. The van der Waals surface area contributed by atoms with Gasteiger partial charge in [0.1, 0.15) is 11.6 Å². The summed E-state index contributed by atoms with van der Waals surface area (Å²) in [5.74, 6) is -1.74. The Balaban J connectivity index is 1.31. The number of rotatable bonds is 5. The van der Waals surface area contributed by atoms with Crippen molar-refractivity contribution in [1.82, 2.24) is 14.7 Å². The molecule has 9 nitrogen and oxygen atoms in total. The van der Waals surface area contributed by atoms with Gasteiger partial charge in [-0.3, -0.25) is 9.48 Å². The number of aromatic nitrogens is 2. The Morgan fingerprint density at radius 3 is 2.40 bits per heavy atom. The molecule has 42 heavy (non-hydrogen) atoms. The Bertz CT molecular complexity index is 1700. The summed E-state index contributed by atoms with van der Waals surface area (Å²) in [5.41, 5.74) is 3.51. The van der Waals surface area contributed by atoms with Crippen LogP contribution in [0.2, 0.25) is 10.0 Å². The Morgan fingerprint density at radius 2 is 1.74 bits per heavy atom. The first-order valence-electron chi connectivity index (χ1n) is 13.1. The maximum absolute atomic E-state index is 15.4. The molecule has 4 aromatic rings. The van der Waals surface area contributed by atoms with E-state index in [4.69, 9.17) is 32.7 Å². The molecule has 12 heteroatoms. The van der Waals surface area contributed by atoms with Gasteiger partial charge in [0.05, 0.1) is 58.4 Å². The molecule has 0 atom stereocenters. The number of nitrogens with zero attached hydrogens (tertiary/aromatic N) is 4. The zero-order valence-electron chi connectivity index (χ0n) is 22.4. The molecular weight excluding hydrogens is 586 g/mol. The minimum absolute atomic E-state index is 0.117. The van der Waals surface area contributed by atoms with E-state index in [1.807, 2.05) is 11.1 Å². The first kappa shape index (κ1) is 28.0. The van der Waals surface area contributed by atoms with Crippen LogP contribution in [0.5, 0.6) is 5.75 Å². The number of anilines is 1. The van der Waals surface area contributed by atoms with Crippen LogP contribution in [0.15, 0.2) is 54.9 Å². The van der Waals surface area contributed by atoms with E-state index in [0.717, 1.165) is 11.1 Å². The van der Waals surface area contributed by atoms with Crippen molar-refractivity contribution in [2.45, 2.75) is 6.54 Å². The Labute approximate surface area is 250 Å². The van der Waals surface area contributed by atoms with Crippen molar-refractivity contribution in [3.8, 4) is 28.0 Å². The van der Waals surface area contributed by atoms with Crippen LogP contribution in [0.3, 0.4) is 0 Å². The van der Waals surface area contributed by atoms with Crippen molar-refractivity contribution in [3.05, 3.63) is 87.4 Å². The van der Waals surface area contributed by atoms with Gasteiger partial charge in [0.25, 0.3) is 5.91 Å². The first-order valence-corrected chi connectivity index (χ1v) is 13.9. The molecule has 6 rings (SSSR count). The number of halogens is 3. The lowest BCUT2D eigenvalue weighted by atomic mass is 9.97. The van der Waals surface area contributed by atoms with Crippen LogP contribution in [0, 0.1) is 5.82 Å². The molecule has 1 amide bonds. The van der Waals surface area contributed by atoms with Gasteiger partial charge in [-0.1, -0.05) is 35.3 Å². The number of hydrogen-bond acceptors (Lipinski definition) is 6. The number of ether oxygens (including phenoxy) is 2. The summed E-state index contributed by atoms with van der Waals surface area (Å²) in [5, 5.41) is 14.3. The number of carbonyl (C=O) groups excluding carboxylic acids is 1. The number of carbonyl (C=O) groups is 2. The van der Waals surface area contributed by atoms with Gasteiger partial charge in [-0.05, 0) is 41.5 Å². The van der Waals surface area contributed by atoms with Gasteiger partial charge in [-0.2, -0.15) is 5.10 Å². The molecule has 2 aliphatic rings. The van der Waals surface area contributed by atoms with E-state index in [1.165, 1.54) is 17.0 Å². The highest BCUT2D eigenvalue weighted by atomic mass is 35.5. The normalized spacial score (nSPS) is 14.9.